The molecular weight excluding hydrogens is 388 g/mol. The van der Waals surface area contributed by atoms with E-state index in [9.17, 15) is 0 Å². The summed E-state index contributed by atoms with van der Waals surface area (Å²) in [6, 6.07) is 0. The van der Waals surface area contributed by atoms with Crippen molar-refractivity contribution >= 4 is 39.1 Å². The van der Waals surface area contributed by atoms with Gasteiger partial charge in [0.05, 0.1) is 25.1 Å². The van der Waals surface area contributed by atoms with Crippen LogP contribution in [0.2, 0.25) is 0 Å². The molecule has 4 heterocycles. The largest absolute Gasteiger partial charge is 0.379 e. The Balaban J connectivity index is 1.69. The van der Waals surface area contributed by atoms with Gasteiger partial charge in [-0.05, 0) is 38.0 Å². The lowest BCUT2D eigenvalue weighted by molar-refractivity contribution is 0.0331. The zero-order chi connectivity index (χ0) is 19.5. The molecular formula is C21H32N4OS2. The molecule has 0 N–H and O–H groups in total. The molecule has 0 spiro atoms. The normalized spacial score (nSPS) is 22.0. The number of thioether (sulfide) groups is 1. The first-order chi connectivity index (χ1) is 13.7. The smallest absolute Gasteiger partial charge is 0.146 e. The number of fused-ring (bicyclic) bond motifs is 1. The second-order valence-corrected chi connectivity index (χ2v) is 10.6. The third kappa shape index (κ3) is 4.48. The highest BCUT2D eigenvalue weighted by Gasteiger charge is 2.24. The Kier molecular flexibility index (Phi) is 6.76. The second kappa shape index (κ2) is 9.28. The van der Waals surface area contributed by atoms with E-state index < -0.39 is 0 Å². The van der Waals surface area contributed by atoms with Gasteiger partial charge in [0.25, 0.3) is 0 Å². The third-order valence-electron chi connectivity index (χ3n) is 5.85. The summed E-state index contributed by atoms with van der Waals surface area (Å²) in [7, 11) is 0. The molecule has 2 fully saturated rings. The SMILES string of the molecule is CCSC1CCCCN(c2nc(CN3CCOCC3)nc3sc(C)c(C)c23)C1. The van der Waals surface area contributed by atoms with Gasteiger partial charge in [-0.25, -0.2) is 9.97 Å². The zero-order valence-electron chi connectivity index (χ0n) is 17.4. The number of hydrogen-bond acceptors (Lipinski definition) is 7. The van der Waals surface area contributed by atoms with Crippen molar-refractivity contribution in [1.29, 1.82) is 0 Å². The average molecular weight is 421 g/mol. The molecule has 1 unspecified atom stereocenters. The van der Waals surface area contributed by atoms with Crippen LogP contribution in [0.4, 0.5) is 5.82 Å². The number of aryl methyl sites for hydroxylation is 2. The number of aromatic nitrogens is 2. The van der Waals surface area contributed by atoms with Crippen molar-refractivity contribution in [2.24, 2.45) is 0 Å². The predicted octanol–water partition coefficient (Wildman–Crippen LogP) is 4.25. The number of rotatable bonds is 5. The van der Waals surface area contributed by atoms with Gasteiger partial charge >= 0.3 is 0 Å². The van der Waals surface area contributed by atoms with Crippen molar-refractivity contribution in [3.05, 3.63) is 16.3 Å². The van der Waals surface area contributed by atoms with Crippen LogP contribution in [0, 0.1) is 13.8 Å². The molecule has 1 atom stereocenters. The highest BCUT2D eigenvalue weighted by molar-refractivity contribution is 7.99. The van der Waals surface area contributed by atoms with E-state index in [0.29, 0.717) is 5.25 Å². The summed E-state index contributed by atoms with van der Waals surface area (Å²) >= 11 is 3.93. The van der Waals surface area contributed by atoms with Gasteiger partial charge < -0.3 is 9.64 Å². The lowest BCUT2D eigenvalue weighted by atomic mass is 10.2. The van der Waals surface area contributed by atoms with E-state index in [0.717, 1.165) is 56.6 Å². The van der Waals surface area contributed by atoms with Crippen molar-refractivity contribution in [3.63, 3.8) is 0 Å². The van der Waals surface area contributed by atoms with Crippen molar-refractivity contribution in [3.8, 4) is 0 Å². The molecule has 2 aromatic rings. The van der Waals surface area contributed by atoms with E-state index >= 15 is 0 Å². The lowest BCUT2D eigenvalue weighted by Crippen LogP contribution is -2.36. The standard InChI is InChI=1S/C21H32N4OS2/c1-4-27-17-7-5-6-8-25(13-17)20-19-15(2)16(3)28-21(19)23-18(22-20)14-24-9-11-26-12-10-24/h17H,4-14H2,1-3H3. The van der Waals surface area contributed by atoms with Crippen LogP contribution in [0.1, 0.15) is 42.5 Å². The molecule has 2 aromatic heterocycles. The van der Waals surface area contributed by atoms with Gasteiger partial charge in [0.1, 0.15) is 16.5 Å². The number of thiophene rings is 1. The monoisotopic (exact) mass is 420 g/mol. The Morgan fingerprint density at radius 2 is 1.96 bits per heavy atom. The quantitative estimate of drug-likeness (QED) is 0.720. The van der Waals surface area contributed by atoms with Crippen LogP contribution in [0.15, 0.2) is 0 Å². The van der Waals surface area contributed by atoms with E-state index in [4.69, 9.17) is 14.7 Å². The first kappa shape index (κ1) is 20.4. The molecule has 0 aromatic carbocycles. The maximum Gasteiger partial charge on any atom is 0.146 e. The number of hydrogen-bond donors (Lipinski definition) is 0. The van der Waals surface area contributed by atoms with E-state index in [-0.39, 0.29) is 0 Å². The molecule has 0 aliphatic carbocycles. The third-order valence-corrected chi connectivity index (χ3v) is 8.15. The van der Waals surface area contributed by atoms with Crippen LogP contribution in [0.3, 0.4) is 0 Å². The van der Waals surface area contributed by atoms with Crippen LogP contribution in [0.5, 0.6) is 0 Å². The summed E-state index contributed by atoms with van der Waals surface area (Å²) in [5.74, 6) is 3.34. The fraction of sp³-hybridized carbons (Fsp3) is 0.714. The maximum absolute atomic E-state index is 5.50. The molecule has 0 radical (unpaired) electrons. The van der Waals surface area contributed by atoms with Gasteiger partial charge in [-0.15, -0.1) is 11.3 Å². The summed E-state index contributed by atoms with van der Waals surface area (Å²) in [5, 5.41) is 2.00. The number of ether oxygens (including phenoxy) is 1. The molecule has 2 aliphatic rings. The lowest BCUT2D eigenvalue weighted by Gasteiger charge is -2.28. The van der Waals surface area contributed by atoms with Crippen molar-refractivity contribution in [1.82, 2.24) is 14.9 Å². The Labute approximate surface area is 176 Å². The Morgan fingerprint density at radius 1 is 1.14 bits per heavy atom. The number of anilines is 1. The molecule has 0 bridgehead atoms. The van der Waals surface area contributed by atoms with E-state index in [1.807, 2.05) is 11.3 Å². The average Bonchev–Trinajstić information content (AvgIpc) is 2.86. The zero-order valence-corrected chi connectivity index (χ0v) is 19.0. The van der Waals surface area contributed by atoms with Crippen LogP contribution < -0.4 is 4.90 Å². The highest BCUT2D eigenvalue weighted by Crippen LogP contribution is 2.36. The first-order valence-electron chi connectivity index (χ1n) is 10.6. The molecule has 0 amide bonds. The summed E-state index contributed by atoms with van der Waals surface area (Å²) in [4.78, 5) is 17.6. The minimum absolute atomic E-state index is 0.709. The minimum Gasteiger partial charge on any atom is -0.379 e. The topological polar surface area (TPSA) is 41.5 Å². The maximum atomic E-state index is 5.50. The summed E-state index contributed by atoms with van der Waals surface area (Å²) in [5.41, 5.74) is 1.36. The molecule has 7 heteroatoms. The van der Waals surface area contributed by atoms with Crippen LogP contribution in [-0.2, 0) is 11.3 Å². The van der Waals surface area contributed by atoms with Gasteiger partial charge in [-0.1, -0.05) is 13.3 Å². The van der Waals surface area contributed by atoms with Crippen molar-refractivity contribution < 1.29 is 4.74 Å². The molecule has 2 saturated heterocycles. The fourth-order valence-electron chi connectivity index (χ4n) is 4.20. The van der Waals surface area contributed by atoms with E-state index in [1.165, 1.54) is 46.7 Å². The second-order valence-electron chi connectivity index (χ2n) is 7.83. The van der Waals surface area contributed by atoms with Crippen LogP contribution in [0.25, 0.3) is 10.2 Å². The van der Waals surface area contributed by atoms with Crippen molar-refractivity contribution in [2.45, 2.75) is 51.8 Å². The van der Waals surface area contributed by atoms with Crippen molar-refractivity contribution in [2.75, 3.05) is 50.0 Å². The molecule has 154 valence electrons. The number of morpholine rings is 1. The molecule has 2 aliphatic heterocycles. The summed E-state index contributed by atoms with van der Waals surface area (Å²) < 4.78 is 5.50. The predicted molar refractivity (Wildman–Crippen MR) is 121 cm³/mol. The molecule has 0 saturated carbocycles. The minimum atomic E-state index is 0.709. The van der Waals surface area contributed by atoms with Crippen LogP contribution in [-0.4, -0.2) is 65.3 Å². The van der Waals surface area contributed by atoms with E-state index in [2.05, 4.69) is 42.3 Å². The van der Waals surface area contributed by atoms with Gasteiger partial charge in [-0.2, -0.15) is 11.8 Å². The Morgan fingerprint density at radius 3 is 2.75 bits per heavy atom. The first-order valence-corrected chi connectivity index (χ1v) is 12.5. The fourth-order valence-corrected chi connectivity index (χ4v) is 6.33. The molecule has 28 heavy (non-hydrogen) atoms. The van der Waals surface area contributed by atoms with Gasteiger partial charge in [0, 0.05) is 36.3 Å². The Hall–Kier alpha value is -0.890. The van der Waals surface area contributed by atoms with Gasteiger partial charge in [0.15, 0.2) is 0 Å². The number of nitrogens with zero attached hydrogens (tertiary/aromatic N) is 4. The van der Waals surface area contributed by atoms with E-state index in [1.54, 1.807) is 0 Å². The summed E-state index contributed by atoms with van der Waals surface area (Å²) in [6.45, 7) is 13.3. The van der Waals surface area contributed by atoms with Gasteiger partial charge in [-0.3, -0.25) is 4.90 Å². The van der Waals surface area contributed by atoms with Crippen LogP contribution >= 0.6 is 23.1 Å². The van der Waals surface area contributed by atoms with Gasteiger partial charge in [0.2, 0.25) is 0 Å². The Bertz CT molecular complexity index is 803. The summed E-state index contributed by atoms with van der Waals surface area (Å²) in [6.07, 6.45) is 3.91. The molecule has 4 rings (SSSR count). The highest BCUT2D eigenvalue weighted by atomic mass is 32.2. The molecule has 5 nitrogen and oxygen atoms in total.